The number of rotatable bonds is 1. The molecule has 1 aromatic carbocycles. The van der Waals surface area contributed by atoms with Crippen LogP contribution in [0.3, 0.4) is 0 Å². The Morgan fingerprint density at radius 3 is 2.85 bits per heavy atom. The van der Waals surface area contributed by atoms with E-state index < -0.39 is 0 Å². The molecule has 0 heterocycles. The fourth-order valence-corrected chi connectivity index (χ4v) is 1.01. The molecular formula is C11H10O2. The Balaban J connectivity index is 3.13. The van der Waals surface area contributed by atoms with Crippen molar-refractivity contribution in [3.05, 3.63) is 29.3 Å². The number of benzene rings is 1. The Hall–Kier alpha value is -1.75. The molecule has 66 valence electrons. The molecule has 2 heteroatoms. The van der Waals surface area contributed by atoms with Crippen LogP contribution in [-0.2, 0) is 4.79 Å². The second-order valence-electron chi connectivity index (χ2n) is 2.59. The third-order valence-electron chi connectivity index (χ3n) is 1.62. The SMILES string of the molecule is COc1cc(C)ccc1C#CC=O. The summed E-state index contributed by atoms with van der Waals surface area (Å²) < 4.78 is 5.10. The highest BCUT2D eigenvalue weighted by molar-refractivity contribution is 5.74. The van der Waals surface area contributed by atoms with Gasteiger partial charge in [0, 0.05) is 0 Å². The van der Waals surface area contributed by atoms with Crippen LogP contribution in [0.2, 0.25) is 0 Å². The summed E-state index contributed by atoms with van der Waals surface area (Å²) in [7, 11) is 1.58. The highest BCUT2D eigenvalue weighted by Gasteiger charge is 1.98. The first-order chi connectivity index (χ1) is 6.27. The summed E-state index contributed by atoms with van der Waals surface area (Å²) in [6.45, 7) is 1.97. The van der Waals surface area contributed by atoms with Crippen molar-refractivity contribution in [1.29, 1.82) is 0 Å². The Kier molecular flexibility index (Phi) is 3.10. The monoisotopic (exact) mass is 174 g/mol. The van der Waals surface area contributed by atoms with Gasteiger partial charge in [0.2, 0.25) is 0 Å². The molecule has 0 atom stereocenters. The highest BCUT2D eigenvalue weighted by Crippen LogP contribution is 2.18. The first-order valence-corrected chi connectivity index (χ1v) is 3.87. The number of aryl methyl sites for hydroxylation is 1. The van der Waals surface area contributed by atoms with Gasteiger partial charge in [0.05, 0.1) is 12.7 Å². The number of hydrogen-bond donors (Lipinski definition) is 0. The minimum atomic E-state index is 0.569. The molecule has 0 saturated carbocycles. The third-order valence-corrected chi connectivity index (χ3v) is 1.62. The molecule has 0 aliphatic rings. The van der Waals surface area contributed by atoms with Gasteiger partial charge >= 0.3 is 0 Å². The molecule has 0 aliphatic carbocycles. The van der Waals surface area contributed by atoms with E-state index in [4.69, 9.17) is 4.74 Å². The number of aldehydes is 1. The van der Waals surface area contributed by atoms with Crippen LogP contribution in [0.4, 0.5) is 0 Å². The molecule has 0 amide bonds. The summed E-state index contributed by atoms with van der Waals surface area (Å²) in [4.78, 5) is 10.0. The van der Waals surface area contributed by atoms with Gasteiger partial charge in [0.1, 0.15) is 5.75 Å². The van der Waals surface area contributed by atoms with E-state index >= 15 is 0 Å². The van der Waals surface area contributed by atoms with Gasteiger partial charge in [-0.15, -0.1) is 0 Å². The molecule has 0 bridgehead atoms. The third kappa shape index (κ3) is 2.34. The Bertz CT molecular complexity index is 369. The molecule has 2 nitrogen and oxygen atoms in total. The van der Waals surface area contributed by atoms with E-state index in [0.717, 1.165) is 11.1 Å². The number of carbonyl (C=O) groups excluding carboxylic acids is 1. The Morgan fingerprint density at radius 1 is 1.46 bits per heavy atom. The lowest BCUT2D eigenvalue weighted by atomic mass is 10.1. The van der Waals surface area contributed by atoms with E-state index in [-0.39, 0.29) is 0 Å². The predicted molar refractivity (Wildman–Crippen MR) is 50.7 cm³/mol. The van der Waals surface area contributed by atoms with Crippen LogP contribution < -0.4 is 4.74 Å². The Morgan fingerprint density at radius 2 is 2.23 bits per heavy atom. The first-order valence-electron chi connectivity index (χ1n) is 3.87. The summed E-state index contributed by atoms with van der Waals surface area (Å²) in [5, 5.41) is 0. The van der Waals surface area contributed by atoms with Crippen molar-refractivity contribution in [2.45, 2.75) is 6.92 Å². The zero-order valence-electron chi connectivity index (χ0n) is 7.63. The lowest BCUT2D eigenvalue weighted by Gasteiger charge is -2.03. The largest absolute Gasteiger partial charge is 0.495 e. The van der Waals surface area contributed by atoms with Gasteiger partial charge in [-0.25, -0.2) is 0 Å². The molecule has 0 fully saturated rings. The van der Waals surface area contributed by atoms with Gasteiger partial charge in [-0.05, 0) is 30.5 Å². The number of carbonyl (C=O) groups is 1. The van der Waals surface area contributed by atoms with Crippen LogP contribution in [0.25, 0.3) is 0 Å². The summed E-state index contributed by atoms with van der Waals surface area (Å²) in [5.41, 5.74) is 1.84. The van der Waals surface area contributed by atoms with Crippen LogP contribution in [0.1, 0.15) is 11.1 Å². The number of ether oxygens (including phenoxy) is 1. The fraction of sp³-hybridized carbons (Fsp3) is 0.182. The van der Waals surface area contributed by atoms with Crippen LogP contribution in [0.5, 0.6) is 5.75 Å². The molecule has 0 spiro atoms. The average Bonchev–Trinajstić information content (AvgIpc) is 2.16. The van der Waals surface area contributed by atoms with Gasteiger partial charge in [0.15, 0.2) is 6.29 Å². The van der Waals surface area contributed by atoms with E-state index in [1.165, 1.54) is 0 Å². The number of methoxy groups -OCH3 is 1. The Labute approximate surface area is 77.5 Å². The quantitative estimate of drug-likeness (QED) is 0.477. The average molecular weight is 174 g/mol. The van der Waals surface area contributed by atoms with E-state index in [1.807, 2.05) is 25.1 Å². The number of hydrogen-bond acceptors (Lipinski definition) is 2. The minimum absolute atomic E-state index is 0.569. The van der Waals surface area contributed by atoms with Crippen molar-refractivity contribution in [1.82, 2.24) is 0 Å². The van der Waals surface area contributed by atoms with Gasteiger partial charge in [-0.3, -0.25) is 4.79 Å². The lowest BCUT2D eigenvalue weighted by Crippen LogP contribution is -1.88. The molecule has 0 radical (unpaired) electrons. The summed E-state index contributed by atoms with van der Waals surface area (Å²) >= 11 is 0. The summed E-state index contributed by atoms with van der Waals surface area (Å²) in [6.07, 6.45) is 0.569. The maximum absolute atomic E-state index is 10.0. The zero-order chi connectivity index (χ0) is 9.68. The van der Waals surface area contributed by atoms with Crippen LogP contribution in [0, 0.1) is 18.8 Å². The van der Waals surface area contributed by atoms with Gasteiger partial charge in [-0.2, -0.15) is 0 Å². The summed E-state index contributed by atoms with van der Waals surface area (Å²) in [6, 6.07) is 5.65. The molecule has 13 heavy (non-hydrogen) atoms. The minimum Gasteiger partial charge on any atom is -0.495 e. The van der Waals surface area contributed by atoms with Crippen molar-refractivity contribution in [2.75, 3.05) is 7.11 Å². The topological polar surface area (TPSA) is 26.3 Å². The van der Waals surface area contributed by atoms with Crippen molar-refractivity contribution >= 4 is 6.29 Å². The highest BCUT2D eigenvalue weighted by atomic mass is 16.5. The molecule has 1 rings (SSSR count). The van der Waals surface area contributed by atoms with Gasteiger partial charge in [-0.1, -0.05) is 12.0 Å². The summed E-state index contributed by atoms with van der Waals surface area (Å²) in [5.74, 6) is 5.75. The lowest BCUT2D eigenvalue weighted by molar-refractivity contribution is -0.103. The molecule has 1 aromatic rings. The predicted octanol–water partition coefficient (Wildman–Crippen LogP) is 1.55. The van der Waals surface area contributed by atoms with E-state index in [1.54, 1.807) is 7.11 Å². The van der Waals surface area contributed by atoms with Crippen molar-refractivity contribution in [3.8, 4) is 17.6 Å². The van der Waals surface area contributed by atoms with Crippen LogP contribution >= 0.6 is 0 Å². The van der Waals surface area contributed by atoms with Gasteiger partial charge < -0.3 is 4.74 Å². The molecule has 0 unspecified atom stereocenters. The van der Waals surface area contributed by atoms with Crippen molar-refractivity contribution in [2.24, 2.45) is 0 Å². The molecule has 0 aliphatic heterocycles. The van der Waals surface area contributed by atoms with E-state index in [2.05, 4.69) is 11.8 Å². The molecule has 0 N–H and O–H groups in total. The zero-order valence-corrected chi connectivity index (χ0v) is 7.63. The molecule has 0 saturated heterocycles. The molecular weight excluding hydrogens is 164 g/mol. The van der Waals surface area contributed by atoms with Gasteiger partial charge in [0.25, 0.3) is 0 Å². The fourth-order valence-electron chi connectivity index (χ4n) is 1.01. The second kappa shape index (κ2) is 4.32. The van der Waals surface area contributed by atoms with Crippen molar-refractivity contribution < 1.29 is 9.53 Å². The van der Waals surface area contributed by atoms with Crippen LogP contribution in [0.15, 0.2) is 18.2 Å². The van der Waals surface area contributed by atoms with E-state index in [9.17, 15) is 4.79 Å². The van der Waals surface area contributed by atoms with Crippen LogP contribution in [-0.4, -0.2) is 13.4 Å². The van der Waals surface area contributed by atoms with E-state index in [0.29, 0.717) is 12.0 Å². The molecule has 0 aromatic heterocycles. The first kappa shape index (κ1) is 9.34. The maximum Gasteiger partial charge on any atom is 0.193 e. The maximum atomic E-state index is 10.0. The second-order valence-corrected chi connectivity index (χ2v) is 2.59. The smallest absolute Gasteiger partial charge is 0.193 e. The normalized spacial score (nSPS) is 8.46. The van der Waals surface area contributed by atoms with Crippen molar-refractivity contribution in [3.63, 3.8) is 0 Å². The standard InChI is InChI=1S/C11H10O2/c1-9-5-6-10(4-3-7-12)11(8-9)13-2/h5-8H,1-2H3.